The number of furan rings is 1. The lowest BCUT2D eigenvalue weighted by Gasteiger charge is -2.50. The molecule has 2 atom stereocenters. The van der Waals surface area contributed by atoms with Gasteiger partial charge < -0.3 is 13.9 Å². The highest BCUT2D eigenvalue weighted by molar-refractivity contribution is 5.10. The number of aromatic nitrogens is 1. The summed E-state index contributed by atoms with van der Waals surface area (Å²) < 4.78 is 17.7. The van der Waals surface area contributed by atoms with Crippen LogP contribution in [-0.4, -0.2) is 42.3 Å². The molecule has 2 aromatic rings. The van der Waals surface area contributed by atoms with Gasteiger partial charge in [-0.1, -0.05) is 6.07 Å². The molecule has 0 saturated carbocycles. The van der Waals surface area contributed by atoms with Gasteiger partial charge >= 0.3 is 0 Å². The highest BCUT2D eigenvalue weighted by atomic mass is 16.5. The predicted molar refractivity (Wildman–Crippen MR) is 89.7 cm³/mol. The molecule has 24 heavy (non-hydrogen) atoms. The van der Waals surface area contributed by atoms with E-state index in [2.05, 4.69) is 9.88 Å². The molecule has 0 spiro atoms. The minimum atomic E-state index is 0.0423. The van der Waals surface area contributed by atoms with Gasteiger partial charge in [-0.2, -0.15) is 0 Å². The Labute approximate surface area is 142 Å². The van der Waals surface area contributed by atoms with Gasteiger partial charge in [0.05, 0.1) is 25.5 Å². The molecule has 2 aliphatic rings. The largest absolute Gasteiger partial charge is 0.477 e. The van der Waals surface area contributed by atoms with E-state index in [1.54, 1.807) is 12.5 Å². The van der Waals surface area contributed by atoms with Crippen LogP contribution in [0.2, 0.25) is 0 Å². The van der Waals surface area contributed by atoms with Gasteiger partial charge in [-0.15, -0.1) is 0 Å². The van der Waals surface area contributed by atoms with Crippen molar-refractivity contribution in [2.24, 2.45) is 5.41 Å². The third-order valence-electron chi connectivity index (χ3n) is 5.17. The van der Waals surface area contributed by atoms with Crippen molar-refractivity contribution in [3.8, 4) is 5.88 Å². The summed E-state index contributed by atoms with van der Waals surface area (Å²) in [5, 5.41) is 0. The number of rotatable bonds is 5. The maximum absolute atomic E-state index is 6.11. The van der Waals surface area contributed by atoms with Gasteiger partial charge in [0, 0.05) is 37.4 Å². The van der Waals surface area contributed by atoms with Crippen molar-refractivity contribution >= 4 is 0 Å². The zero-order chi connectivity index (χ0) is 16.2. The molecule has 0 unspecified atom stereocenters. The van der Waals surface area contributed by atoms with Crippen LogP contribution in [0.3, 0.4) is 0 Å². The smallest absolute Gasteiger partial charge is 0.213 e. The van der Waals surface area contributed by atoms with Gasteiger partial charge in [0.2, 0.25) is 5.88 Å². The second kappa shape index (κ2) is 6.95. The van der Waals surface area contributed by atoms with Crippen LogP contribution in [0.25, 0.3) is 0 Å². The zero-order valence-corrected chi connectivity index (χ0v) is 13.9. The maximum atomic E-state index is 6.11. The quantitative estimate of drug-likeness (QED) is 0.844. The first-order valence-electron chi connectivity index (χ1n) is 8.74. The van der Waals surface area contributed by atoms with E-state index in [0.29, 0.717) is 12.5 Å². The first-order valence-corrected chi connectivity index (χ1v) is 8.74. The molecule has 0 aromatic carbocycles. The van der Waals surface area contributed by atoms with Crippen LogP contribution in [0, 0.1) is 5.41 Å². The molecular weight excluding hydrogens is 304 g/mol. The van der Waals surface area contributed by atoms with Gasteiger partial charge in [-0.05, 0) is 37.5 Å². The lowest BCUT2D eigenvalue weighted by atomic mass is 9.73. The number of hydrogen-bond acceptors (Lipinski definition) is 5. The summed E-state index contributed by atoms with van der Waals surface area (Å²) >= 11 is 0. The number of pyridine rings is 1. The Morgan fingerprint density at radius 1 is 1.29 bits per heavy atom. The molecule has 4 heterocycles. The van der Waals surface area contributed by atoms with Gasteiger partial charge in [-0.25, -0.2) is 4.98 Å². The second-order valence-electron chi connectivity index (χ2n) is 6.86. The lowest BCUT2D eigenvalue weighted by molar-refractivity contribution is -0.141. The first kappa shape index (κ1) is 15.7. The Morgan fingerprint density at radius 2 is 2.29 bits per heavy atom. The van der Waals surface area contributed by atoms with Crippen LogP contribution in [0.4, 0.5) is 0 Å². The summed E-state index contributed by atoms with van der Waals surface area (Å²) in [5.41, 5.74) is 0.0423. The fourth-order valence-electron chi connectivity index (χ4n) is 4.00. The van der Waals surface area contributed by atoms with E-state index in [4.69, 9.17) is 13.9 Å². The monoisotopic (exact) mass is 328 g/mol. The molecule has 128 valence electrons. The minimum Gasteiger partial charge on any atom is -0.477 e. The highest BCUT2D eigenvalue weighted by Gasteiger charge is 2.46. The lowest BCUT2D eigenvalue weighted by Crippen LogP contribution is -2.57. The van der Waals surface area contributed by atoms with E-state index >= 15 is 0 Å². The molecular formula is C19H24N2O3. The van der Waals surface area contributed by atoms with E-state index in [0.717, 1.165) is 51.3 Å². The summed E-state index contributed by atoms with van der Waals surface area (Å²) in [7, 11) is 0. The summed E-state index contributed by atoms with van der Waals surface area (Å²) in [6.07, 6.45) is 7.07. The van der Waals surface area contributed by atoms with Crippen molar-refractivity contribution in [1.82, 2.24) is 9.88 Å². The number of fused-ring (bicyclic) bond motifs is 1. The Balaban J connectivity index is 1.47. The van der Waals surface area contributed by atoms with Crippen LogP contribution in [-0.2, 0) is 11.3 Å². The van der Waals surface area contributed by atoms with Crippen molar-refractivity contribution in [3.05, 3.63) is 48.6 Å². The number of hydrogen-bond donors (Lipinski definition) is 0. The average Bonchev–Trinajstić information content (AvgIpc) is 3.14. The molecule has 2 aliphatic heterocycles. The molecule has 0 amide bonds. The standard InChI is InChI=1S/C19H24N2O3/c1-2-9-20-18(6-1)24-15-19-8-4-12-23-17(19)7-10-21(14-19)13-16-5-3-11-22-16/h1-3,5-6,9,11,17H,4,7-8,10,12-15H2/t17-,19-/m1/s1. The van der Waals surface area contributed by atoms with E-state index < -0.39 is 0 Å². The molecule has 2 aromatic heterocycles. The number of piperidine rings is 1. The Kier molecular flexibility index (Phi) is 4.54. The minimum absolute atomic E-state index is 0.0423. The fourth-order valence-corrected chi connectivity index (χ4v) is 4.00. The van der Waals surface area contributed by atoms with Crippen molar-refractivity contribution in [1.29, 1.82) is 0 Å². The van der Waals surface area contributed by atoms with Crippen molar-refractivity contribution in [3.63, 3.8) is 0 Å². The summed E-state index contributed by atoms with van der Waals surface area (Å²) in [6, 6.07) is 9.77. The SMILES string of the molecule is c1ccc(OC[C@]23CCCO[C@@H]2CCN(Cc2ccco2)C3)nc1. The molecule has 0 bridgehead atoms. The number of nitrogens with zero attached hydrogens (tertiary/aromatic N) is 2. The van der Waals surface area contributed by atoms with Crippen LogP contribution < -0.4 is 4.74 Å². The number of likely N-dealkylation sites (tertiary alicyclic amines) is 1. The van der Waals surface area contributed by atoms with Gasteiger partial charge in [0.25, 0.3) is 0 Å². The third-order valence-corrected chi connectivity index (χ3v) is 5.17. The predicted octanol–water partition coefficient (Wildman–Crippen LogP) is 3.12. The molecule has 2 saturated heterocycles. The summed E-state index contributed by atoms with van der Waals surface area (Å²) in [4.78, 5) is 6.75. The highest BCUT2D eigenvalue weighted by Crippen LogP contribution is 2.40. The second-order valence-corrected chi connectivity index (χ2v) is 6.86. The van der Waals surface area contributed by atoms with Crippen LogP contribution in [0.1, 0.15) is 25.0 Å². The zero-order valence-electron chi connectivity index (χ0n) is 13.9. The van der Waals surface area contributed by atoms with E-state index in [1.165, 1.54) is 0 Å². The third kappa shape index (κ3) is 3.32. The topological polar surface area (TPSA) is 47.7 Å². The average molecular weight is 328 g/mol. The van der Waals surface area contributed by atoms with Crippen molar-refractivity contribution in [2.45, 2.75) is 31.9 Å². The normalized spacial score (nSPS) is 27.6. The Hall–Kier alpha value is -1.85. The van der Waals surface area contributed by atoms with Crippen LogP contribution >= 0.6 is 0 Å². The Bertz CT molecular complexity index is 631. The van der Waals surface area contributed by atoms with Gasteiger partial charge in [-0.3, -0.25) is 4.90 Å². The Morgan fingerprint density at radius 3 is 3.12 bits per heavy atom. The van der Waals surface area contributed by atoms with E-state index in [9.17, 15) is 0 Å². The van der Waals surface area contributed by atoms with Crippen molar-refractivity contribution in [2.75, 3.05) is 26.3 Å². The molecule has 5 nitrogen and oxygen atoms in total. The molecule has 2 fully saturated rings. The molecule has 0 radical (unpaired) electrons. The molecule has 4 rings (SSSR count). The molecule has 5 heteroatoms. The van der Waals surface area contributed by atoms with Crippen LogP contribution in [0.5, 0.6) is 5.88 Å². The summed E-state index contributed by atoms with van der Waals surface area (Å²) in [5.74, 6) is 1.71. The van der Waals surface area contributed by atoms with E-state index in [1.807, 2.05) is 30.3 Å². The maximum Gasteiger partial charge on any atom is 0.213 e. The first-order chi connectivity index (χ1) is 11.8. The van der Waals surface area contributed by atoms with Gasteiger partial charge in [0.15, 0.2) is 0 Å². The van der Waals surface area contributed by atoms with E-state index in [-0.39, 0.29) is 11.5 Å². The van der Waals surface area contributed by atoms with Gasteiger partial charge in [0.1, 0.15) is 5.76 Å². The van der Waals surface area contributed by atoms with Crippen molar-refractivity contribution < 1.29 is 13.9 Å². The molecule has 0 aliphatic carbocycles. The molecule has 0 N–H and O–H groups in total. The summed E-state index contributed by atoms with van der Waals surface area (Å²) in [6.45, 7) is 4.39. The van der Waals surface area contributed by atoms with Crippen LogP contribution in [0.15, 0.2) is 47.2 Å². The number of ether oxygens (including phenoxy) is 2. The fraction of sp³-hybridized carbons (Fsp3) is 0.526.